The summed E-state index contributed by atoms with van der Waals surface area (Å²) in [6.45, 7) is 3.07. The van der Waals surface area contributed by atoms with E-state index in [1.165, 1.54) is 25.7 Å². The van der Waals surface area contributed by atoms with Crippen molar-refractivity contribution in [2.75, 3.05) is 6.54 Å². The van der Waals surface area contributed by atoms with Crippen LogP contribution in [0.15, 0.2) is 0 Å². The van der Waals surface area contributed by atoms with Gasteiger partial charge in [0.05, 0.1) is 0 Å². The van der Waals surface area contributed by atoms with Crippen molar-refractivity contribution in [3.63, 3.8) is 0 Å². The molecule has 0 aromatic rings. The Bertz CT molecular complexity index is 57.0. The quantitative estimate of drug-likeness (QED) is 0.331. The van der Waals surface area contributed by atoms with Crippen LogP contribution in [-0.2, 0) is 0 Å². The minimum Gasteiger partial charge on any atom is -0.402 e. The molecule has 0 rings (SSSR count). The first-order chi connectivity index (χ1) is 5.15. The first kappa shape index (κ1) is 13.5. The molecule has 68 valence electrons. The molecule has 0 heterocycles. The molecule has 0 atom stereocenters. The fraction of sp³-hybridized carbons (Fsp3) is 1.00. The minimum atomic E-state index is -2.17. The van der Waals surface area contributed by atoms with Gasteiger partial charge in [0.2, 0.25) is 0 Å². The van der Waals surface area contributed by atoms with Crippen LogP contribution in [0.3, 0.4) is 0 Å². The van der Waals surface area contributed by atoms with Gasteiger partial charge in [0.1, 0.15) is 0 Å². The average molecular weight is 163 g/mol. The van der Waals surface area contributed by atoms with E-state index in [9.17, 15) is 0 Å². The zero-order valence-electron chi connectivity index (χ0n) is 7.03. The molecule has 5 heteroatoms. The molecule has 0 aliphatic heterocycles. The fourth-order valence-electron chi connectivity index (χ4n) is 0.571. The Morgan fingerprint density at radius 2 is 1.55 bits per heavy atom. The van der Waals surface area contributed by atoms with Gasteiger partial charge >= 0.3 is 7.32 Å². The molecule has 11 heavy (non-hydrogen) atoms. The second-order valence-corrected chi connectivity index (χ2v) is 2.20. The summed E-state index contributed by atoms with van der Waals surface area (Å²) in [7, 11) is -2.17. The molecule has 5 N–H and O–H groups in total. The van der Waals surface area contributed by atoms with E-state index >= 15 is 0 Å². The van der Waals surface area contributed by atoms with Crippen LogP contribution < -0.4 is 5.73 Å². The maximum atomic E-state index is 7.17. The SMILES string of the molecule is CCCCCCN.OB(O)O. The van der Waals surface area contributed by atoms with Crippen LogP contribution in [0.25, 0.3) is 0 Å². The molecule has 0 aliphatic carbocycles. The lowest BCUT2D eigenvalue weighted by molar-refractivity contribution is 0.278. The highest BCUT2D eigenvalue weighted by Gasteiger charge is 1.92. The Balaban J connectivity index is 0. The van der Waals surface area contributed by atoms with E-state index in [1.807, 2.05) is 0 Å². The van der Waals surface area contributed by atoms with Crippen LogP contribution in [-0.4, -0.2) is 28.9 Å². The third-order valence-corrected chi connectivity index (χ3v) is 1.06. The smallest absolute Gasteiger partial charge is 0.402 e. The van der Waals surface area contributed by atoms with Gasteiger partial charge in [-0.1, -0.05) is 26.2 Å². The molecular weight excluding hydrogens is 145 g/mol. The van der Waals surface area contributed by atoms with Gasteiger partial charge in [0.25, 0.3) is 0 Å². The lowest BCUT2D eigenvalue weighted by Gasteiger charge is -1.90. The molecule has 4 nitrogen and oxygen atoms in total. The molecule has 0 aliphatic rings. The number of hydrogen-bond donors (Lipinski definition) is 4. The van der Waals surface area contributed by atoms with Gasteiger partial charge < -0.3 is 20.8 Å². The maximum absolute atomic E-state index is 7.17. The van der Waals surface area contributed by atoms with Crippen LogP contribution in [0.2, 0.25) is 0 Å². The van der Waals surface area contributed by atoms with Crippen LogP contribution in [0, 0.1) is 0 Å². The number of unbranched alkanes of at least 4 members (excludes halogenated alkanes) is 3. The first-order valence-electron chi connectivity index (χ1n) is 3.89. The summed E-state index contributed by atoms with van der Waals surface area (Å²) in [5, 5.41) is 21.5. The molecule has 0 aromatic heterocycles. The van der Waals surface area contributed by atoms with E-state index in [4.69, 9.17) is 20.8 Å². The second-order valence-electron chi connectivity index (χ2n) is 2.20. The van der Waals surface area contributed by atoms with Crippen molar-refractivity contribution >= 4 is 7.32 Å². The highest BCUT2D eigenvalue weighted by molar-refractivity contribution is 6.30. The molecule has 0 amide bonds. The standard InChI is InChI=1S/C6H15N.BH3O3/c1-2-3-4-5-6-7;2-1(3)4/h2-7H2,1H3;2-4H. The Morgan fingerprint density at radius 3 is 1.82 bits per heavy atom. The summed E-state index contributed by atoms with van der Waals surface area (Å²) in [6, 6.07) is 0. The molecule has 0 unspecified atom stereocenters. The van der Waals surface area contributed by atoms with Gasteiger partial charge in [-0.05, 0) is 13.0 Å². The summed E-state index contributed by atoms with van der Waals surface area (Å²) in [6.07, 6.45) is 5.16. The van der Waals surface area contributed by atoms with Crippen LogP contribution >= 0.6 is 0 Å². The molecule has 0 fully saturated rings. The summed E-state index contributed by atoms with van der Waals surface area (Å²) >= 11 is 0. The van der Waals surface area contributed by atoms with Crippen LogP contribution in [0.1, 0.15) is 32.6 Å². The third-order valence-electron chi connectivity index (χ3n) is 1.06. The third kappa shape index (κ3) is 40.6. The maximum Gasteiger partial charge on any atom is 0.631 e. The summed E-state index contributed by atoms with van der Waals surface area (Å²) < 4.78 is 0. The second kappa shape index (κ2) is 12.6. The van der Waals surface area contributed by atoms with Crippen LogP contribution in [0.4, 0.5) is 0 Å². The van der Waals surface area contributed by atoms with E-state index in [-0.39, 0.29) is 0 Å². The summed E-state index contributed by atoms with van der Waals surface area (Å²) in [4.78, 5) is 0. The number of rotatable bonds is 4. The molecular formula is C6H18BNO3. The molecule has 0 bridgehead atoms. The van der Waals surface area contributed by atoms with Gasteiger partial charge in [-0.2, -0.15) is 0 Å². The molecule has 0 radical (unpaired) electrons. The Kier molecular flexibility index (Phi) is 15.4. The van der Waals surface area contributed by atoms with Crippen LogP contribution in [0.5, 0.6) is 0 Å². The zero-order chi connectivity index (χ0) is 9.11. The molecule has 0 saturated carbocycles. The predicted octanol–water partition coefficient (Wildman–Crippen LogP) is -0.526. The van der Waals surface area contributed by atoms with Gasteiger partial charge in [0.15, 0.2) is 0 Å². The zero-order valence-corrected chi connectivity index (χ0v) is 7.03. The molecule has 0 spiro atoms. The Morgan fingerprint density at radius 1 is 1.09 bits per heavy atom. The van der Waals surface area contributed by atoms with E-state index < -0.39 is 7.32 Å². The average Bonchev–Trinajstić information content (AvgIpc) is 1.88. The van der Waals surface area contributed by atoms with E-state index in [2.05, 4.69) is 6.92 Å². The van der Waals surface area contributed by atoms with Crippen molar-refractivity contribution in [1.82, 2.24) is 0 Å². The Hall–Kier alpha value is -0.0951. The lowest BCUT2D eigenvalue weighted by atomic mass is 10.2. The highest BCUT2D eigenvalue weighted by atomic mass is 16.5. The van der Waals surface area contributed by atoms with Crippen molar-refractivity contribution in [3.8, 4) is 0 Å². The van der Waals surface area contributed by atoms with Crippen molar-refractivity contribution in [2.24, 2.45) is 5.73 Å². The van der Waals surface area contributed by atoms with Gasteiger partial charge in [-0.25, -0.2) is 0 Å². The lowest BCUT2D eigenvalue weighted by Crippen LogP contribution is -2.07. The normalized spacial score (nSPS) is 8.45. The van der Waals surface area contributed by atoms with Gasteiger partial charge in [-0.3, -0.25) is 0 Å². The van der Waals surface area contributed by atoms with E-state index in [0.717, 1.165) is 6.54 Å². The topological polar surface area (TPSA) is 86.7 Å². The highest BCUT2D eigenvalue weighted by Crippen LogP contribution is 1.95. The first-order valence-corrected chi connectivity index (χ1v) is 3.89. The van der Waals surface area contributed by atoms with Crippen molar-refractivity contribution in [1.29, 1.82) is 0 Å². The van der Waals surface area contributed by atoms with Gasteiger partial charge in [-0.15, -0.1) is 0 Å². The largest absolute Gasteiger partial charge is 0.631 e. The monoisotopic (exact) mass is 163 g/mol. The Labute approximate surface area is 68.2 Å². The van der Waals surface area contributed by atoms with Crippen molar-refractivity contribution < 1.29 is 15.1 Å². The van der Waals surface area contributed by atoms with Crippen molar-refractivity contribution in [2.45, 2.75) is 32.6 Å². The van der Waals surface area contributed by atoms with Gasteiger partial charge in [0, 0.05) is 0 Å². The summed E-state index contributed by atoms with van der Waals surface area (Å²) in [5.74, 6) is 0. The molecule has 0 aromatic carbocycles. The number of nitrogens with two attached hydrogens (primary N) is 1. The summed E-state index contributed by atoms with van der Waals surface area (Å²) in [5.41, 5.74) is 5.27. The van der Waals surface area contributed by atoms with E-state index in [1.54, 1.807) is 0 Å². The predicted molar refractivity (Wildman–Crippen MR) is 45.6 cm³/mol. The number of hydrogen-bond acceptors (Lipinski definition) is 4. The fourth-order valence-corrected chi connectivity index (χ4v) is 0.571. The molecule has 0 saturated heterocycles. The minimum absolute atomic E-state index is 0.861. The van der Waals surface area contributed by atoms with E-state index in [0.29, 0.717) is 0 Å². The van der Waals surface area contributed by atoms with Crippen molar-refractivity contribution in [3.05, 3.63) is 0 Å².